The van der Waals surface area contributed by atoms with Crippen LogP contribution in [0.25, 0.3) is 0 Å². The summed E-state index contributed by atoms with van der Waals surface area (Å²) in [4.78, 5) is 11.2. The van der Waals surface area contributed by atoms with Crippen molar-refractivity contribution >= 4 is 23.4 Å². The molecule has 1 aromatic rings. The molecule has 0 amide bonds. The molecule has 6 heteroatoms. The van der Waals surface area contributed by atoms with Gasteiger partial charge < -0.3 is 10.3 Å². The van der Waals surface area contributed by atoms with Gasteiger partial charge in [-0.2, -0.15) is 0 Å². The van der Waals surface area contributed by atoms with E-state index in [1.165, 1.54) is 18.2 Å². The Bertz CT molecular complexity index is 421. The van der Waals surface area contributed by atoms with Gasteiger partial charge in [0.2, 0.25) is 0 Å². The van der Waals surface area contributed by atoms with Crippen molar-refractivity contribution in [2.45, 2.75) is 32.3 Å². The molecule has 1 unspecified atom stereocenters. The molecule has 0 spiro atoms. The highest BCUT2D eigenvalue weighted by molar-refractivity contribution is 7.98. The standard InChI is InChI=1S/C13H23N5S/c1-13(2,3)9-5-6-18(8-9)11-7-10(17-14)15-12(16-11)19-4/h7,9H,5-6,8,14H2,1-4H3,(H,15,16,17). The van der Waals surface area contributed by atoms with Gasteiger partial charge in [-0.05, 0) is 24.0 Å². The zero-order chi connectivity index (χ0) is 14.0. The molecule has 1 aliphatic heterocycles. The normalized spacial score (nSPS) is 19.8. The van der Waals surface area contributed by atoms with E-state index in [9.17, 15) is 0 Å². The molecule has 1 aliphatic rings. The van der Waals surface area contributed by atoms with Gasteiger partial charge in [-0.15, -0.1) is 0 Å². The van der Waals surface area contributed by atoms with Gasteiger partial charge in [-0.1, -0.05) is 32.5 Å². The minimum Gasteiger partial charge on any atom is -0.356 e. The molecular weight excluding hydrogens is 258 g/mol. The number of aromatic nitrogens is 2. The third-order valence-electron chi connectivity index (χ3n) is 3.76. The van der Waals surface area contributed by atoms with Crippen LogP contribution < -0.4 is 16.2 Å². The van der Waals surface area contributed by atoms with Crippen LogP contribution in [-0.4, -0.2) is 29.3 Å². The fraction of sp³-hybridized carbons (Fsp3) is 0.692. The lowest BCUT2D eigenvalue weighted by Gasteiger charge is -2.27. The van der Waals surface area contributed by atoms with Gasteiger partial charge in [0.1, 0.15) is 11.6 Å². The Balaban J connectivity index is 2.19. The molecule has 3 N–H and O–H groups in total. The number of anilines is 2. The predicted molar refractivity (Wildman–Crippen MR) is 81.4 cm³/mol. The fourth-order valence-electron chi connectivity index (χ4n) is 2.42. The van der Waals surface area contributed by atoms with Gasteiger partial charge in [-0.3, -0.25) is 0 Å². The number of nitrogens with zero attached hydrogens (tertiary/aromatic N) is 3. The van der Waals surface area contributed by atoms with Crippen molar-refractivity contribution in [3.8, 4) is 0 Å². The third kappa shape index (κ3) is 3.30. The summed E-state index contributed by atoms with van der Waals surface area (Å²) >= 11 is 1.53. The zero-order valence-electron chi connectivity index (χ0n) is 12.1. The summed E-state index contributed by atoms with van der Waals surface area (Å²) in [6, 6.07) is 1.92. The number of nitrogen functional groups attached to an aromatic ring is 1. The first kappa shape index (κ1) is 14.4. The minimum atomic E-state index is 0.346. The quantitative estimate of drug-likeness (QED) is 0.384. The third-order valence-corrected chi connectivity index (χ3v) is 4.31. The van der Waals surface area contributed by atoms with E-state index >= 15 is 0 Å². The maximum absolute atomic E-state index is 5.47. The minimum absolute atomic E-state index is 0.346. The van der Waals surface area contributed by atoms with Crippen molar-refractivity contribution in [2.75, 3.05) is 29.7 Å². The van der Waals surface area contributed by atoms with Crippen LogP contribution in [0.15, 0.2) is 11.2 Å². The Kier molecular flexibility index (Phi) is 4.20. The van der Waals surface area contributed by atoms with Gasteiger partial charge in [0.15, 0.2) is 5.16 Å². The molecule has 0 radical (unpaired) electrons. The first-order valence-corrected chi connectivity index (χ1v) is 7.81. The highest BCUT2D eigenvalue weighted by Crippen LogP contribution is 2.35. The Morgan fingerprint density at radius 2 is 2.16 bits per heavy atom. The van der Waals surface area contributed by atoms with E-state index in [0.717, 1.165) is 24.1 Å². The summed E-state index contributed by atoms with van der Waals surface area (Å²) in [7, 11) is 0. The second kappa shape index (κ2) is 5.54. The number of hydrogen-bond donors (Lipinski definition) is 2. The van der Waals surface area contributed by atoms with Crippen molar-refractivity contribution in [2.24, 2.45) is 17.2 Å². The Labute approximate surface area is 119 Å². The number of thioether (sulfide) groups is 1. The van der Waals surface area contributed by atoms with Crippen LogP contribution in [0.2, 0.25) is 0 Å². The van der Waals surface area contributed by atoms with Crippen LogP contribution in [0.5, 0.6) is 0 Å². The van der Waals surface area contributed by atoms with Crippen LogP contribution in [0.4, 0.5) is 11.6 Å². The number of hydrogen-bond acceptors (Lipinski definition) is 6. The van der Waals surface area contributed by atoms with Crippen LogP contribution in [0.1, 0.15) is 27.2 Å². The molecule has 19 heavy (non-hydrogen) atoms. The summed E-state index contributed by atoms with van der Waals surface area (Å²) in [5, 5.41) is 0.754. The number of hydrazine groups is 1. The first-order chi connectivity index (χ1) is 8.94. The van der Waals surface area contributed by atoms with E-state index in [-0.39, 0.29) is 0 Å². The van der Waals surface area contributed by atoms with Gasteiger partial charge in [0.05, 0.1) is 0 Å². The molecular formula is C13H23N5S. The SMILES string of the molecule is CSc1nc(NN)cc(N2CCC(C(C)(C)C)C2)n1. The van der Waals surface area contributed by atoms with Crippen LogP contribution in [0.3, 0.4) is 0 Å². The van der Waals surface area contributed by atoms with E-state index in [0.29, 0.717) is 17.2 Å². The maximum atomic E-state index is 5.47. The van der Waals surface area contributed by atoms with Crippen molar-refractivity contribution in [1.29, 1.82) is 0 Å². The summed E-state index contributed by atoms with van der Waals surface area (Å²) < 4.78 is 0. The van der Waals surface area contributed by atoms with Crippen LogP contribution >= 0.6 is 11.8 Å². The highest BCUT2D eigenvalue weighted by Gasteiger charge is 2.32. The average molecular weight is 281 g/mol. The molecule has 0 aliphatic carbocycles. The molecule has 0 aromatic carbocycles. The zero-order valence-corrected chi connectivity index (χ0v) is 12.9. The summed E-state index contributed by atoms with van der Waals surface area (Å²) in [5.41, 5.74) is 2.96. The van der Waals surface area contributed by atoms with E-state index in [4.69, 9.17) is 5.84 Å². The monoisotopic (exact) mass is 281 g/mol. The first-order valence-electron chi connectivity index (χ1n) is 6.58. The molecule has 2 rings (SSSR count). The molecule has 0 bridgehead atoms. The summed E-state index contributed by atoms with van der Waals surface area (Å²) in [6.07, 6.45) is 3.19. The second-order valence-electron chi connectivity index (χ2n) is 6.04. The largest absolute Gasteiger partial charge is 0.356 e. The summed E-state index contributed by atoms with van der Waals surface area (Å²) in [6.45, 7) is 9.03. The van der Waals surface area contributed by atoms with E-state index in [2.05, 4.69) is 41.1 Å². The number of rotatable bonds is 3. The van der Waals surface area contributed by atoms with E-state index < -0.39 is 0 Å². The molecule has 1 atom stereocenters. The second-order valence-corrected chi connectivity index (χ2v) is 6.81. The molecule has 106 valence electrons. The Hall–Kier alpha value is -1.01. The number of nitrogens with one attached hydrogen (secondary N) is 1. The predicted octanol–water partition coefficient (Wildman–Crippen LogP) is 2.36. The smallest absolute Gasteiger partial charge is 0.191 e. The van der Waals surface area contributed by atoms with Crippen molar-refractivity contribution in [3.63, 3.8) is 0 Å². The van der Waals surface area contributed by atoms with Crippen molar-refractivity contribution < 1.29 is 0 Å². The molecule has 5 nitrogen and oxygen atoms in total. The topological polar surface area (TPSA) is 67.1 Å². The average Bonchev–Trinajstić information content (AvgIpc) is 2.87. The molecule has 2 heterocycles. The van der Waals surface area contributed by atoms with Gasteiger partial charge in [-0.25, -0.2) is 15.8 Å². The summed E-state index contributed by atoms with van der Waals surface area (Å²) in [5.74, 6) is 7.82. The maximum Gasteiger partial charge on any atom is 0.191 e. The van der Waals surface area contributed by atoms with E-state index in [1.54, 1.807) is 0 Å². The highest BCUT2D eigenvalue weighted by atomic mass is 32.2. The van der Waals surface area contributed by atoms with Gasteiger partial charge in [0.25, 0.3) is 0 Å². The lowest BCUT2D eigenvalue weighted by molar-refractivity contribution is 0.263. The molecule has 0 saturated carbocycles. The number of nitrogens with two attached hydrogens (primary N) is 1. The van der Waals surface area contributed by atoms with Crippen LogP contribution in [0, 0.1) is 11.3 Å². The fourth-order valence-corrected chi connectivity index (χ4v) is 2.79. The van der Waals surface area contributed by atoms with E-state index in [1.807, 2.05) is 12.3 Å². The van der Waals surface area contributed by atoms with Crippen molar-refractivity contribution in [1.82, 2.24) is 9.97 Å². The van der Waals surface area contributed by atoms with Gasteiger partial charge in [0, 0.05) is 19.2 Å². The Morgan fingerprint density at radius 1 is 1.42 bits per heavy atom. The molecule has 1 fully saturated rings. The van der Waals surface area contributed by atoms with Crippen molar-refractivity contribution in [3.05, 3.63) is 6.07 Å². The molecule has 1 aromatic heterocycles. The van der Waals surface area contributed by atoms with Crippen LogP contribution in [-0.2, 0) is 0 Å². The molecule has 1 saturated heterocycles. The Morgan fingerprint density at radius 3 is 2.68 bits per heavy atom. The van der Waals surface area contributed by atoms with Gasteiger partial charge >= 0.3 is 0 Å². The lowest BCUT2D eigenvalue weighted by atomic mass is 9.80. The lowest BCUT2D eigenvalue weighted by Crippen LogP contribution is -2.26.